The number of carbonyl (C=O) groups excluding carboxylic acids is 6. The molecule has 23 heteroatoms. The number of hydrogen-bond donors (Lipinski definition) is 13. The molecule has 13 N–H and O–H groups in total. The summed E-state index contributed by atoms with van der Waals surface area (Å²) in [5.74, 6) is -8.72. The van der Waals surface area contributed by atoms with Gasteiger partial charge in [0.05, 0.1) is 31.6 Å². The zero-order valence-corrected chi connectivity index (χ0v) is 34.2. The number of ketones is 1. The second kappa shape index (κ2) is 24.3. The number of carboxylic acid groups (broad SMARTS) is 2. The van der Waals surface area contributed by atoms with E-state index >= 15 is 0 Å². The van der Waals surface area contributed by atoms with Gasteiger partial charge in [-0.15, -0.1) is 0 Å². The van der Waals surface area contributed by atoms with Crippen molar-refractivity contribution in [2.75, 3.05) is 19.7 Å². The molecule has 1 aromatic rings. The molecule has 0 spiro atoms. The fourth-order valence-corrected chi connectivity index (χ4v) is 6.43. The van der Waals surface area contributed by atoms with Crippen LogP contribution in [0.1, 0.15) is 72.4 Å². The van der Waals surface area contributed by atoms with Crippen LogP contribution in [-0.4, -0.2) is 178 Å². The summed E-state index contributed by atoms with van der Waals surface area (Å²) in [4.78, 5) is 112. The number of imidazole rings is 1. The summed E-state index contributed by atoms with van der Waals surface area (Å²) in [5.41, 5.74) is 0.407. The lowest BCUT2D eigenvalue weighted by Crippen LogP contribution is -2.61. The smallest absolute Gasteiger partial charge is 0.326 e. The number of Topliss-reactive ketones (excluding diaryl/α,β-unsaturated/α-hetero) is 1. The molecule has 0 unspecified atom stereocenters. The number of rotatable bonds is 26. The van der Waals surface area contributed by atoms with E-state index in [9.17, 15) is 63.9 Å². The highest BCUT2D eigenvalue weighted by atomic mass is 16.4. The quantitative estimate of drug-likeness (QED) is 0.0418. The van der Waals surface area contributed by atoms with Gasteiger partial charge in [-0.25, -0.2) is 9.78 Å². The molecule has 1 aliphatic heterocycles. The van der Waals surface area contributed by atoms with Crippen LogP contribution in [0.4, 0.5) is 0 Å². The maximum absolute atomic E-state index is 14.0. The zero-order chi connectivity index (χ0) is 45.4. The van der Waals surface area contributed by atoms with E-state index in [2.05, 4.69) is 36.6 Å². The topological polar surface area (TPSA) is 370 Å². The second-order valence-electron chi connectivity index (χ2n) is 15.5. The normalized spacial score (nSPS) is 18.6. The summed E-state index contributed by atoms with van der Waals surface area (Å²) in [6, 6.07) is -8.23. The standard InChI is InChI=1S/C37H60N8O15/c1-17(2)11-22(33(55)44-29(19(5)47)36(58)45-10-6-7-24(45)34(56)41-21(37(59)60)8-9-27(50)51)42-32(54)23(12-20-13-38-16-40-20)43-35(57)28(18(3)4)39-14-25(48)30(52)31(53)26(49)15-46/h13,16-19,21-24,26,28-31,39,46-47,49,52-53H,6-12,14-15H2,1-5H3,(H,38,40)(H,41,56)(H,42,54)(H,43,57)(H,44,55)(H,50,51)(H,59,60)/t19-,21+,22+,23+,24+,26-,28+,29+,30-,31-/m1/s1. The van der Waals surface area contributed by atoms with Crippen molar-refractivity contribution in [1.29, 1.82) is 0 Å². The Hall–Kier alpha value is -5.07. The highest BCUT2D eigenvalue weighted by Gasteiger charge is 2.41. The molecule has 2 heterocycles. The van der Waals surface area contributed by atoms with Crippen LogP contribution in [0.2, 0.25) is 0 Å². The largest absolute Gasteiger partial charge is 0.481 e. The lowest BCUT2D eigenvalue weighted by atomic mass is 9.99. The molecule has 0 radical (unpaired) electrons. The van der Waals surface area contributed by atoms with Gasteiger partial charge < -0.3 is 66.9 Å². The molecule has 23 nitrogen and oxygen atoms in total. The van der Waals surface area contributed by atoms with Gasteiger partial charge in [0, 0.05) is 31.3 Å². The fourth-order valence-electron chi connectivity index (χ4n) is 6.43. The number of H-pyrrole nitrogens is 1. The van der Waals surface area contributed by atoms with E-state index in [0.29, 0.717) is 12.1 Å². The SMILES string of the molecule is CC(C)C[C@H](NC(=O)[C@H](Cc1cnc[nH]1)NC(=O)[C@@H](NCC(=O)[C@@H](O)[C@H](O)[C@H](O)CO)C(C)C)C(=O)N[C@H](C(=O)N1CCC[C@H]1C(=O)N[C@@H](CCC(=O)O)C(=O)O)[C@@H](C)O. The summed E-state index contributed by atoms with van der Waals surface area (Å²) in [6.45, 7) is 6.42. The van der Waals surface area contributed by atoms with Crippen molar-refractivity contribution in [3.8, 4) is 0 Å². The zero-order valence-electron chi connectivity index (χ0n) is 34.2. The first-order chi connectivity index (χ1) is 28.1. The second-order valence-corrected chi connectivity index (χ2v) is 15.5. The van der Waals surface area contributed by atoms with Crippen LogP contribution < -0.4 is 26.6 Å². The lowest BCUT2D eigenvalue weighted by Gasteiger charge is -2.32. The number of aliphatic hydroxyl groups is 5. The van der Waals surface area contributed by atoms with Crippen molar-refractivity contribution in [2.24, 2.45) is 11.8 Å². The van der Waals surface area contributed by atoms with Crippen LogP contribution >= 0.6 is 0 Å². The van der Waals surface area contributed by atoms with Crippen LogP contribution in [-0.2, 0) is 44.8 Å². The van der Waals surface area contributed by atoms with Gasteiger partial charge in [0.15, 0.2) is 5.78 Å². The summed E-state index contributed by atoms with van der Waals surface area (Å²) in [5, 5.41) is 80.4. The maximum Gasteiger partial charge on any atom is 0.326 e. The van der Waals surface area contributed by atoms with E-state index in [1.54, 1.807) is 27.7 Å². The van der Waals surface area contributed by atoms with Gasteiger partial charge in [0.25, 0.3) is 0 Å². The van der Waals surface area contributed by atoms with E-state index in [4.69, 9.17) is 10.2 Å². The highest BCUT2D eigenvalue weighted by Crippen LogP contribution is 2.20. The van der Waals surface area contributed by atoms with Crippen molar-refractivity contribution in [2.45, 2.75) is 134 Å². The molecule has 0 aliphatic carbocycles. The monoisotopic (exact) mass is 856 g/mol. The predicted molar refractivity (Wildman–Crippen MR) is 207 cm³/mol. The molecule has 5 amide bonds. The molecule has 2 rings (SSSR count). The number of carbonyl (C=O) groups is 8. The molecule has 0 bridgehead atoms. The van der Waals surface area contributed by atoms with E-state index < -0.39 is 140 Å². The van der Waals surface area contributed by atoms with E-state index in [0.717, 1.165) is 4.90 Å². The number of nitrogens with zero attached hydrogens (tertiary/aromatic N) is 2. The van der Waals surface area contributed by atoms with Gasteiger partial charge in [-0.05, 0) is 44.4 Å². The number of aromatic amines is 1. The van der Waals surface area contributed by atoms with Gasteiger partial charge >= 0.3 is 11.9 Å². The van der Waals surface area contributed by atoms with Crippen LogP contribution in [0.15, 0.2) is 12.5 Å². The molecular weight excluding hydrogens is 796 g/mol. The number of likely N-dealkylation sites (tertiary alicyclic amines) is 1. The first-order valence-electron chi connectivity index (χ1n) is 19.6. The minimum atomic E-state index is -2.09. The van der Waals surface area contributed by atoms with Gasteiger partial charge in [-0.2, -0.15) is 0 Å². The van der Waals surface area contributed by atoms with Crippen LogP contribution in [0.25, 0.3) is 0 Å². The Balaban J connectivity index is 2.28. The van der Waals surface area contributed by atoms with Crippen molar-refractivity contribution < 1.29 is 74.1 Å². The molecule has 10 atom stereocenters. The van der Waals surface area contributed by atoms with Crippen molar-refractivity contribution in [3.05, 3.63) is 18.2 Å². The Bertz CT molecular complexity index is 1630. The molecule has 338 valence electrons. The summed E-state index contributed by atoms with van der Waals surface area (Å²) < 4.78 is 0. The molecular formula is C37H60N8O15. The van der Waals surface area contributed by atoms with E-state index in [1.807, 2.05) is 0 Å². The molecule has 1 aliphatic rings. The molecule has 0 aromatic carbocycles. The van der Waals surface area contributed by atoms with Crippen molar-refractivity contribution in [3.63, 3.8) is 0 Å². The summed E-state index contributed by atoms with van der Waals surface area (Å²) >= 11 is 0. The van der Waals surface area contributed by atoms with Gasteiger partial charge in [-0.1, -0.05) is 27.7 Å². The number of hydrogen-bond acceptors (Lipinski definition) is 15. The average molecular weight is 857 g/mol. The Morgan fingerprint density at radius 3 is 2.02 bits per heavy atom. The molecule has 60 heavy (non-hydrogen) atoms. The summed E-state index contributed by atoms with van der Waals surface area (Å²) in [6.07, 6.45) is -5.34. The maximum atomic E-state index is 14.0. The number of amides is 5. The fraction of sp³-hybridized carbons (Fsp3) is 0.703. The first-order valence-corrected chi connectivity index (χ1v) is 19.6. The van der Waals surface area contributed by atoms with Crippen LogP contribution in [0.5, 0.6) is 0 Å². The third kappa shape index (κ3) is 15.5. The minimum Gasteiger partial charge on any atom is -0.481 e. The van der Waals surface area contributed by atoms with Gasteiger partial charge in [-0.3, -0.25) is 38.9 Å². The van der Waals surface area contributed by atoms with Crippen molar-refractivity contribution >= 4 is 47.3 Å². The molecule has 1 aromatic heterocycles. The molecule has 1 fully saturated rings. The van der Waals surface area contributed by atoms with E-state index in [1.165, 1.54) is 19.4 Å². The van der Waals surface area contributed by atoms with Crippen LogP contribution in [0, 0.1) is 11.8 Å². The summed E-state index contributed by atoms with van der Waals surface area (Å²) in [7, 11) is 0. The Morgan fingerprint density at radius 1 is 0.850 bits per heavy atom. The third-order valence-corrected chi connectivity index (χ3v) is 9.78. The number of aliphatic hydroxyl groups excluding tert-OH is 5. The third-order valence-electron chi connectivity index (χ3n) is 9.78. The van der Waals surface area contributed by atoms with Gasteiger partial charge in [0.2, 0.25) is 29.5 Å². The number of nitrogens with one attached hydrogen (secondary N) is 6. The van der Waals surface area contributed by atoms with Gasteiger partial charge in [0.1, 0.15) is 48.5 Å². The molecule has 0 saturated carbocycles. The Kier molecular flexibility index (Phi) is 20.6. The van der Waals surface area contributed by atoms with E-state index in [-0.39, 0.29) is 31.7 Å². The number of aliphatic carboxylic acids is 2. The minimum absolute atomic E-state index is 0.0137. The molecule has 1 saturated heterocycles. The number of aromatic nitrogens is 2. The van der Waals surface area contributed by atoms with Crippen molar-refractivity contribution in [1.82, 2.24) is 41.5 Å². The highest BCUT2D eigenvalue weighted by molar-refractivity contribution is 5.97. The average Bonchev–Trinajstić information content (AvgIpc) is 3.89. The predicted octanol–water partition coefficient (Wildman–Crippen LogP) is -4.48. The Labute approximate surface area is 346 Å². The lowest BCUT2D eigenvalue weighted by molar-refractivity contribution is -0.146. The van der Waals surface area contributed by atoms with Crippen LogP contribution in [0.3, 0.4) is 0 Å². The Morgan fingerprint density at radius 2 is 1.48 bits per heavy atom. The first kappa shape index (κ1) is 51.1. The number of carboxylic acids is 2.